The molecule has 0 spiro atoms. The quantitative estimate of drug-likeness (QED) is 0.460. The topological polar surface area (TPSA) is 85.2 Å². The van der Waals surface area contributed by atoms with E-state index in [0.29, 0.717) is 17.1 Å². The number of phenolic OH excluding ortho intramolecular Hbond substituents is 1. The van der Waals surface area contributed by atoms with E-state index in [1.807, 2.05) is 18.2 Å². The summed E-state index contributed by atoms with van der Waals surface area (Å²) in [5.41, 5.74) is 0.463. The Morgan fingerprint density at radius 3 is 2.54 bits per heavy atom. The molecule has 2 aromatic rings. The van der Waals surface area contributed by atoms with E-state index in [1.165, 1.54) is 13.2 Å². The summed E-state index contributed by atoms with van der Waals surface area (Å²) in [6, 6.07) is 13.7. The van der Waals surface area contributed by atoms with Gasteiger partial charge in [0.15, 0.2) is 11.5 Å². The zero-order valence-corrected chi connectivity index (χ0v) is 15.3. The molecule has 2 aromatic carbocycles. The maximum absolute atomic E-state index is 11.3. The Balaban J connectivity index is 2.15. The highest BCUT2D eigenvalue weighted by molar-refractivity contribution is 7.81. The number of thiol groups is 1. The average molecular weight is 378 g/mol. The van der Waals surface area contributed by atoms with Crippen LogP contribution in [-0.4, -0.2) is 41.8 Å². The summed E-state index contributed by atoms with van der Waals surface area (Å²) in [6.45, 7) is 0.0795. The molecule has 0 bridgehead atoms. The number of phenols is 1. The molecular weight excluding hydrogens is 356 g/mol. The highest BCUT2D eigenvalue weighted by atomic mass is 32.1. The summed E-state index contributed by atoms with van der Waals surface area (Å²) >= 11 is 3.85. The van der Waals surface area contributed by atoms with Gasteiger partial charge in [0, 0.05) is 6.42 Å². The predicted octanol–water partition coefficient (Wildman–Crippen LogP) is 2.74. The van der Waals surface area contributed by atoms with Gasteiger partial charge in [-0.25, -0.2) is 0 Å². The van der Waals surface area contributed by atoms with Crippen LogP contribution in [0.5, 0.6) is 17.2 Å². The van der Waals surface area contributed by atoms with Crippen LogP contribution in [0.1, 0.15) is 18.1 Å². The Kier molecular flexibility index (Phi) is 7.62. The first-order chi connectivity index (χ1) is 12.5. The van der Waals surface area contributed by atoms with Gasteiger partial charge in [-0.15, -0.1) is 0 Å². The Hall–Kier alpha value is -2.38. The smallest absolute Gasteiger partial charge is 0.315 e. The Morgan fingerprint density at radius 2 is 1.92 bits per heavy atom. The molecule has 2 N–H and O–H groups in total. The number of ether oxygens (including phenoxy) is 3. The number of para-hydroxylation sites is 1. The first-order valence-electron chi connectivity index (χ1n) is 8.08. The molecule has 140 valence electrons. The molecule has 0 radical (unpaired) electrons. The van der Waals surface area contributed by atoms with Crippen molar-refractivity contribution in [2.24, 2.45) is 0 Å². The van der Waals surface area contributed by atoms with E-state index in [0.717, 1.165) is 0 Å². The van der Waals surface area contributed by atoms with E-state index in [9.17, 15) is 15.0 Å². The van der Waals surface area contributed by atoms with Crippen LogP contribution in [0.2, 0.25) is 0 Å². The first kappa shape index (κ1) is 19.9. The molecule has 0 saturated carbocycles. The third-order valence-electron chi connectivity index (χ3n) is 3.72. The zero-order chi connectivity index (χ0) is 18.9. The monoisotopic (exact) mass is 378 g/mol. The molecule has 26 heavy (non-hydrogen) atoms. The number of aromatic hydroxyl groups is 1. The van der Waals surface area contributed by atoms with Crippen molar-refractivity contribution in [2.75, 3.05) is 19.5 Å². The van der Waals surface area contributed by atoms with E-state index in [2.05, 4.69) is 12.6 Å². The van der Waals surface area contributed by atoms with E-state index < -0.39 is 18.2 Å². The molecule has 0 fully saturated rings. The Bertz CT molecular complexity index is 706. The number of hydrogen-bond donors (Lipinski definition) is 3. The minimum atomic E-state index is -1.04. The van der Waals surface area contributed by atoms with Gasteiger partial charge in [-0.1, -0.05) is 24.3 Å². The standard InChI is InChI=1S/C19H22O6S/c1-23-16-8-7-13(11-15(16)20)19(22)17(9-10-24-18(21)12-26)25-14-5-3-2-4-6-14/h2-8,11,17,19-20,22,26H,9-10,12H2,1H3/t17-,19-/m1/s1. The summed E-state index contributed by atoms with van der Waals surface area (Å²) in [6.07, 6.45) is -1.46. The van der Waals surface area contributed by atoms with Crippen molar-refractivity contribution in [3.63, 3.8) is 0 Å². The lowest BCUT2D eigenvalue weighted by Crippen LogP contribution is -2.27. The maximum Gasteiger partial charge on any atom is 0.315 e. The largest absolute Gasteiger partial charge is 0.504 e. The summed E-state index contributed by atoms with van der Waals surface area (Å²) < 4.78 is 15.9. The maximum atomic E-state index is 11.3. The molecule has 0 saturated heterocycles. The van der Waals surface area contributed by atoms with Gasteiger partial charge >= 0.3 is 5.97 Å². The van der Waals surface area contributed by atoms with Crippen molar-refractivity contribution in [3.8, 4) is 17.2 Å². The van der Waals surface area contributed by atoms with Crippen LogP contribution in [0.3, 0.4) is 0 Å². The van der Waals surface area contributed by atoms with Crippen LogP contribution in [0, 0.1) is 0 Å². The predicted molar refractivity (Wildman–Crippen MR) is 99.9 cm³/mol. The fraction of sp³-hybridized carbons (Fsp3) is 0.316. The van der Waals surface area contributed by atoms with Gasteiger partial charge in [-0.3, -0.25) is 4.79 Å². The van der Waals surface area contributed by atoms with Gasteiger partial charge < -0.3 is 24.4 Å². The van der Waals surface area contributed by atoms with E-state index in [-0.39, 0.29) is 24.5 Å². The first-order valence-corrected chi connectivity index (χ1v) is 8.71. The van der Waals surface area contributed by atoms with Gasteiger partial charge in [0.05, 0.1) is 19.5 Å². The van der Waals surface area contributed by atoms with E-state index in [4.69, 9.17) is 14.2 Å². The lowest BCUT2D eigenvalue weighted by atomic mass is 10.0. The van der Waals surface area contributed by atoms with Crippen LogP contribution in [0.4, 0.5) is 0 Å². The number of aliphatic hydroxyl groups excluding tert-OH is 1. The normalized spacial score (nSPS) is 12.9. The van der Waals surface area contributed by atoms with E-state index in [1.54, 1.807) is 24.3 Å². The molecule has 0 aliphatic heterocycles. The van der Waals surface area contributed by atoms with Gasteiger partial charge in [-0.05, 0) is 29.8 Å². The summed E-state index contributed by atoms with van der Waals surface area (Å²) in [5, 5.41) is 20.7. The number of aliphatic hydroxyl groups is 1. The summed E-state index contributed by atoms with van der Waals surface area (Å²) in [7, 11) is 1.45. The van der Waals surface area contributed by atoms with Crippen molar-refractivity contribution < 1.29 is 29.2 Å². The number of hydrogen-bond acceptors (Lipinski definition) is 7. The fourth-order valence-corrected chi connectivity index (χ4v) is 2.49. The minimum Gasteiger partial charge on any atom is -0.504 e. The molecule has 6 nitrogen and oxygen atoms in total. The second-order valence-corrected chi connectivity index (χ2v) is 5.83. The molecule has 7 heteroatoms. The molecule has 0 aromatic heterocycles. The van der Waals surface area contributed by atoms with Crippen molar-refractivity contribution in [1.82, 2.24) is 0 Å². The fourth-order valence-electron chi connectivity index (χ4n) is 2.40. The van der Waals surface area contributed by atoms with Crippen LogP contribution >= 0.6 is 12.6 Å². The van der Waals surface area contributed by atoms with Gasteiger partial charge in [0.2, 0.25) is 0 Å². The average Bonchev–Trinajstić information content (AvgIpc) is 2.67. The van der Waals surface area contributed by atoms with Crippen molar-refractivity contribution in [2.45, 2.75) is 18.6 Å². The molecule has 0 amide bonds. The third kappa shape index (κ3) is 5.57. The Labute approximate surface area is 157 Å². The number of esters is 1. The molecule has 2 atom stereocenters. The van der Waals surface area contributed by atoms with Crippen molar-refractivity contribution in [3.05, 3.63) is 54.1 Å². The van der Waals surface area contributed by atoms with Gasteiger partial charge in [0.1, 0.15) is 18.0 Å². The highest BCUT2D eigenvalue weighted by Crippen LogP contribution is 2.31. The number of methoxy groups -OCH3 is 1. The third-order valence-corrected chi connectivity index (χ3v) is 3.98. The number of benzene rings is 2. The second-order valence-electron chi connectivity index (χ2n) is 5.51. The second kappa shape index (κ2) is 9.94. The molecule has 2 rings (SSSR count). The number of rotatable bonds is 9. The molecular formula is C19H22O6S. The molecule has 0 unspecified atom stereocenters. The SMILES string of the molecule is COc1ccc([C@@H](O)[C@@H](CCOC(=O)CS)Oc2ccccc2)cc1O. The lowest BCUT2D eigenvalue weighted by Gasteiger charge is -2.25. The van der Waals surface area contributed by atoms with Crippen LogP contribution < -0.4 is 9.47 Å². The van der Waals surface area contributed by atoms with Gasteiger partial charge in [0.25, 0.3) is 0 Å². The highest BCUT2D eigenvalue weighted by Gasteiger charge is 2.24. The van der Waals surface area contributed by atoms with E-state index >= 15 is 0 Å². The van der Waals surface area contributed by atoms with Crippen molar-refractivity contribution in [1.29, 1.82) is 0 Å². The Morgan fingerprint density at radius 1 is 1.19 bits per heavy atom. The summed E-state index contributed by atoms with van der Waals surface area (Å²) in [4.78, 5) is 11.3. The number of carbonyl (C=O) groups is 1. The van der Waals surface area contributed by atoms with Gasteiger partial charge in [-0.2, -0.15) is 12.6 Å². The van der Waals surface area contributed by atoms with Crippen LogP contribution in [0.25, 0.3) is 0 Å². The molecule has 0 aliphatic carbocycles. The zero-order valence-electron chi connectivity index (χ0n) is 14.4. The number of carbonyl (C=O) groups excluding carboxylic acids is 1. The minimum absolute atomic E-state index is 0.0148. The lowest BCUT2D eigenvalue weighted by molar-refractivity contribution is -0.141. The van der Waals surface area contributed by atoms with Crippen LogP contribution in [0.15, 0.2) is 48.5 Å². The molecule has 0 aliphatic rings. The summed E-state index contributed by atoms with van der Waals surface area (Å²) in [5.74, 6) is 0.352. The van der Waals surface area contributed by atoms with Crippen molar-refractivity contribution >= 4 is 18.6 Å². The van der Waals surface area contributed by atoms with Crippen LogP contribution in [-0.2, 0) is 9.53 Å². The molecule has 0 heterocycles.